The zero-order valence-electron chi connectivity index (χ0n) is 13.8. The summed E-state index contributed by atoms with van der Waals surface area (Å²) in [7, 11) is 0. The van der Waals surface area contributed by atoms with Crippen LogP contribution in [-0.4, -0.2) is 22.5 Å². The molecule has 0 spiro atoms. The Morgan fingerprint density at radius 3 is 2.18 bits per heavy atom. The Labute approximate surface area is 132 Å². The highest BCUT2D eigenvalue weighted by Gasteiger charge is 2.31. The molecule has 22 heavy (non-hydrogen) atoms. The fourth-order valence-corrected chi connectivity index (χ4v) is 2.80. The minimum atomic E-state index is -0.876. The molecule has 122 valence electrons. The topological polar surface area (TPSA) is 66.4 Å². The molecular weight excluding hydrogens is 278 g/mol. The number of carbonyl (C=O) groups excluding carboxylic acids is 1. The minimum Gasteiger partial charge on any atom is -0.481 e. The summed E-state index contributed by atoms with van der Waals surface area (Å²) < 4.78 is 0. The predicted molar refractivity (Wildman–Crippen MR) is 87.8 cm³/mol. The first-order valence-electron chi connectivity index (χ1n) is 8.04. The number of carbonyl (C=O) groups is 2. The van der Waals surface area contributed by atoms with Crippen LogP contribution in [0.2, 0.25) is 0 Å². The first-order chi connectivity index (χ1) is 10.5. The van der Waals surface area contributed by atoms with Crippen molar-refractivity contribution in [1.82, 2.24) is 5.32 Å². The smallest absolute Gasteiger partial charge is 0.305 e. The van der Waals surface area contributed by atoms with Crippen molar-refractivity contribution in [2.45, 2.75) is 64.3 Å². The average molecular weight is 305 g/mol. The third kappa shape index (κ3) is 5.17. The van der Waals surface area contributed by atoms with Gasteiger partial charge in [-0.3, -0.25) is 9.59 Å². The normalized spacial score (nSPS) is 12.7. The Morgan fingerprint density at radius 1 is 1.14 bits per heavy atom. The van der Waals surface area contributed by atoms with Gasteiger partial charge in [-0.25, -0.2) is 0 Å². The molecule has 0 fully saturated rings. The molecule has 0 aliphatic rings. The molecule has 1 aromatic rings. The Hall–Kier alpha value is -1.84. The highest BCUT2D eigenvalue weighted by atomic mass is 16.4. The fraction of sp³-hybridized carbons (Fsp3) is 0.556. The van der Waals surface area contributed by atoms with Crippen LogP contribution in [0.1, 0.15) is 64.4 Å². The van der Waals surface area contributed by atoms with Gasteiger partial charge >= 0.3 is 5.97 Å². The van der Waals surface area contributed by atoms with Crippen molar-refractivity contribution in [2.75, 3.05) is 0 Å². The van der Waals surface area contributed by atoms with Crippen molar-refractivity contribution in [3.8, 4) is 0 Å². The molecule has 4 nitrogen and oxygen atoms in total. The fourth-order valence-electron chi connectivity index (χ4n) is 2.80. The number of nitrogens with one attached hydrogen (secondary N) is 1. The highest BCUT2D eigenvalue weighted by Crippen LogP contribution is 2.25. The Kier molecular flexibility index (Phi) is 7.09. The van der Waals surface area contributed by atoms with E-state index in [1.165, 1.54) is 0 Å². The van der Waals surface area contributed by atoms with Gasteiger partial charge in [0.05, 0.1) is 6.42 Å². The number of carboxylic acid groups (broad SMARTS) is 1. The first-order valence-corrected chi connectivity index (χ1v) is 8.04. The van der Waals surface area contributed by atoms with Crippen molar-refractivity contribution < 1.29 is 14.7 Å². The second-order valence-corrected chi connectivity index (χ2v) is 5.83. The maximum atomic E-state index is 12.4. The number of benzene rings is 1. The third-order valence-corrected chi connectivity index (χ3v) is 4.44. The van der Waals surface area contributed by atoms with E-state index in [1.807, 2.05) is 44.2 Å². The summed E-state index contributed by atoms with van der Waals surface area (Å²) in [6, 6.07) is 9.98. The summed E-state index contributed by atoms with van der Waals surface area (Å²) in [4.78, 5) is 23.5. The van der Waals surface area contributed by atoms with Crippen LogP contribution in [0.3, 0.4) is 0 Å². The summed E-state index contributed by atoms with van der Waals surface area (Å²) in [6.07, 6.45) is 2.46. The molecule has 0 bridgehead atoms. The molecule has 0 radical (unpaired) electrons. The summed E-state index contributed by atoms with van der Waals surface area (Å²) in [5, 5.41) is 12.1. The maximum absolute atomic E-state index is 12.4. The molecule has 0 saturated heterocycles. The van der Waals surface area contributed by atoms with Crippen LogP contribution in [0.25, 0.3) is 0 Å². The van der Waals surface area contributed by atoms with Gasteiger partial charge in [-0.2, -0.15) is 0 Å². The molecule has 0 aliphatic heterocycles. The Morgan fingerprint density at radius 2 is 1.73 bits per heavy atom. The molecule has 2 N–H and O–H groups in total. The lowest BCUT2D eigenvalue weighted by Gasteiger charge is -2.32. The Bertz CT molecular complexity index is 480. The number of hydrogen-bond acceptors (Lipinski definition) is 2. The monoisotopic (exact) mass is 305 g/mol. The number of carboxylic acids is 1. The third-order valence-electron chi connectivity index (χ3n) is 4.44. The molecule has 0 aromatic heterocycles. The molecule has 1 amide bonds. The quantitative estimate of drug-likeness (QED) is 0.730. The molecule has 1 unspecified atom stereocenters. The summed E-state index contributed by atoms with van der Waals surface area (Å²) >= 11 is 0. The van der Waals surface area contributed by atoms with E-state index in [0.29, 0.717) is 19.3 Å². The van der Waals surface area contributed by atoms with E-state index in [-0.39, 0.29) is 18.2 Å². The van der Waals surface area contributed by atoms with Gasteiger partial charge in [-0.1, -0.05) is 51.1 Å². The van der Waals surface area contributed by atoms with Crippen LogP contribution < -0.4 is 5.32 Å². The SMILES string of the molecule is CCC(CC(=O)NC(CC)(CC)CC(=O)O)c1ccccc1. The van der Waals surface area contributed by atoms with Crippen molar-refractivity contribution in [3.05, 3.63) is 35.9 Å². The second kappa shape index (κ2) is 8.57. The van der Waals surface area contributed by atoms with Crippen molar-refractivity contribution in [2.24, 2.45) is 0 Å². The van der Waals surface area contributed by atoms with Gasteiger partial charge in [0.2, 0.25) is 5.91 Å². The van der Waals surface area contributed by atoms with Crippen LogP contribution >= 0.6 is 0 Å². The summed E-state index contributed by atoms with van der Waals surface area (Å²) in [5.74, 6) is -0.780. The zero-order valence-corrected chi connectivity index (χ0v) is 13.8. The minimum absolute atomic E-state index is 0.0339. The molecule has 4 heteroatoms. The van der Waals surface area contributed by atoms with Gasteiger partial charge in [0.15, 0.2) is 0 Å². The van der Waals surface area contributed by atoms with E-state index in [0.717, 1.165) is 12.0 Å². The van der Waals surface area contributed by atoms with Gasteiger partial charge < -0.3 is 10.4 Å². The lowest BCUT2D eigenvalue weighted by Crippen LogP contribution is -2.49. The van der Waals surface area contributed by atoms with E-state index in [4.69, 9.17) is 5.11 Å². The maximum Gasteiger partial charge on any atom is 0.305 e. The van der Waals surface area contributed by atoms with Crippen molar-refractivity contribution in [3.63, 3.8) is 0 Å². The van der Waals surface area contributed by atoms with Gasteiger partial charge in [0.25, 0.3) is 0 Å². The number of hydrogen-bond donors (Lipinski definition) is 2. The van der Waals surface area contributed by atoms with Gasteiger partial charge in [-0.05, 0) is 30.7 Å². The van der Waals surface area contributed by atoms with Crippen molar-refractivity contribution >= 4 is 11.9 Å². The largest absolute Gasteiger partial charge is 0.481 e. The zero-order chi connectivity index (χ0) is 16.6. The van der Waals surface area contributed by atoms with E-state index in [1.54, 1.807) is 0 Å². The molecule has 0 heterocycles. The molecule has 1 rings (SSSR count). The Balaban J connectivity index is 2.76. The van der Waals surface area contributed by atoms with Gasteiger partial charge in [0.1, 0.15) is 0 Å². The lowest BCUT2D eigenvalue weighted by molar-refractivity contribution is -0.139. The molecule has 0 aliphatic carbocycles. The highest BCUT2D eigenvalue weighted by molar-refractivity contribution is 5.79. The lowest BCUT2D eigenvalue weighted by atomic mass is 9.87. The first kappa shape index (κ1) is 18.2. The van der Waals surface area contributed by atoms with Crippen LogP contribution in [0, 0.1) is 0 Å². The van der Waals surface area contributed by atoms with E-state index in [2.05, 4.69) is 12.2 Å². The standard InChI is InChI=1S/C18H27NO3/c1-4-14(15-10-8-7-9-11-15)12-16(20)19-18(5-2,6-3)13-17(21)22/h7-11,14H,4-6,12-13H2,1-3H3,(H,19,20)(H,21,22). The number of rotatable bonds is 9. The number of amides is 1. The van der Waals surface area contributed by atoms with E-state index < -0.39 is 11.5 Å². The van der Waals surface area contributed by atoms with E-state index >= 15 is 0 Å². The van der Waals surface area contributed by atoms with Gasteiger partial charge in [0, 0.05) is 12.0 Å². The van der Waals surface area contributed by atoms with Gasteiger partial charge in [-0.15, -0.1) is 0 Å². The predicted octanol–water partition coefficient (Wildman–Crippen LogP) is 3.72. The number of aliphatic carboxylic acids is 1. The summed E-state index contributed by atoms with van der Waals surface area (Å²) in [6.45, 7) is 5.90. The van der Waals surface area contributed by atoms with Crippen LogP contribution in [-0.2, 0) is 9.59 Å². The average Bonchev–Trinajstić information content (AvgIpc) is 2.52. The molecule has 1 aromatic carbocycles. The van der Waals surface area contributed by atoms with Crippen molar-refractivity contribution in [1.29, 1.82) is 0 Å². The van der Waals surface area contributed by atoms with Crippen LogP contribution in [0.15, 0.2) is 30.3 Å². The molecule has 0 saturated carbocycles. The van der Waals surface area contributed by atoms with Crippen LogP contribution in [0.4, 0.5) is 0 Å². The van der Waals surface area contributed by atoms with E-state index in [9.17, 15) is 9.59 Å². The second-order valence-electron chi connectivity index (χ2n) is 5.83. The molecular formula is C18H27NO3. The molecule has 1 atom stereocenters. The van der Waals surface area contributed by atoms with Crippen LogP contribution in [0.5, 0.6) is 0 Å². The summed E-state index contributed by atoms with van der Waals surface area (Å²) in [5.41, 5.74) is 0.509.